The first-order valence-electron chi connectivity index (χ1n) is 14.9. The first-order chi connectivity index (χ1) is 21.8. The average Bonchev–Trinajstić information content (AvgIpc) is 3.36. The second kappa shape index (κ2) is 12.0. The summed E-state index contributed by atoms with van der Waals surface area (Å²) in [7, 11) is 0.00697. The molecule has 0 unspecified atom stereocenters. The number of hydrogen-bond acceptors (Lipinski definition) is 6. The molecule has 8 heteroatoms. The lowest BCUT2D eigenvalue weighted by Gasteiger charge is -2.41. The van der Waals surface area contributed by atoms with E-state index in [-0.39, 0.29) is 0 Å². The minimum Gasteiger partial charge on any atom is -0.341 e. The molecule has 2 aliphatic rings. The van der Waals surface area contributed by atoms with Crippen molar-refractivity contribution in [1.82, 2.24) is 4.98 Å². The Morgan fingerprint density at radius 2 is 1.00 bits per heavy atom. The summed E-state index contributed by atoms with van der Waals surface area (Å²) in [6, 6.07) is 44.5. The molecule has 0 N–H and O–H groups in total. The van der Waals surface area contributed by atoms with Crippen molar-refractivity contribution in [3.8, 4) is 0 Å². The molecule has 7 rings (SSSR count). The van der Waals surface area contributed by atoms with Crippen LogP contribution in [0.1, 0.15) is 36.1 Å². The number of ether oxygens (including phenoxy) is 2. The maximum absolute atomic E-state index is 7.51. The summed E-state index contributed by atoms with van der Waals surface area (Å²) in [4.78, 5) is 4.66. The zero-order valence-corrected chi connectivity index (χ0v) is 26.9. The standard InChI is InChI=1S/C37H34ClN2O4P/c1-35(2)41-33-34(42-35)37(29-20-12-6-13-21-29,30-22-14-7-15-23-30)44-45(40(3)32-26-31(38)24-25-39-32)43-36(33,27-16-8-4-9-17-27)28-18-10-5-11-19-28/h4-26,33-34H,1-3H3/t33-,34-/m0/s1. The van der Waals surface area contributed by atoms with Gasteiger partial charge in [0, 0.05) is 18.3 Å². The normalized spacial score (nSPS) is 21.9. The molecule has 45 heavy (non-hydrogen) atoms. The number of nitrogens with zero attached hydrogens (tertiary/aromatic N) is 2. The van der Waals surface area contributed by atoms with Gasteiger partial charge in [-0.3, -0.25) is 13.7 Å². The highest BCUT2D eigenvalue weighted by Crippen LogP contribution is 2.65. The SMILES string of the molecule is CN(c1cc(Cl)ccn1)P1OC(c2ccccc2)(c2ccccc2)[C@H]2OC(C)(C)O[C@@H]2C(c2ccccc2)(c2ccccc2)O1. The van der Waals surface area contributed by atoms with Crippen LogP contribution in [-0.2, 0) is 29.7 Å². The molecular formula is C37H34ClN2O4P. The summed E-state index contributed by atoms with van der Waals surface area (Å²) in [6.07, 6.45) is 0.394. The predicted octanol–water partition coefficient (Wildman–Crippen LogP) is 8.85. The van der Waals surface area contributed by atoms with Gasteiger partial charge in [0.2, 0.25) is 0 Å². The molecule has 3 heterocycles. The van der Waals surface area contributed by atoms with Crippen LogP contribution in [0.4, 0.5) is 5.82 Å². The Morgan fingerprint density at radius 1 is 0.622 bits per heavy atom. The van der Waals surface area contributed by atoms with Gasteiger partial charge >= 0.3 is 0 Å². The van der Waals surface area contributed by atoms with Gasteiger partial charge in [-0.2, -0.15) is 0 Å². The summed E-state index contributed by atoms with van der Waals surface area (Å²) in [5, 5.41) is 0.566. The largest absolute Gasteiger partial charge is 0.341 e. The molecule has 0 saturated carbocycles. The van der Waals surface area contributed by atoms with Crippen LogP contribution in [0, 0.1) is 0 Å². The van der Waals surface area contributed by atoms with E-state index in [0.717, 1.165) is 22.3 Å². The van der Waals surface area contributed by atoms with Crippen molar-refractivity contribution >= 4 is 25.9 Å². The Kier molecular flexibility index (Phi) is 7.99. The van der Waals surface area contributed by atoms with Gasteiger partial charge in [0.05, 0.1) is 0 Å². The second-order valence-corrected chi connectivity index (χ2v) is 13.6. The zero-order valence-electron chi connectivity index (χ0n) is 25.3. The van der Waals surface area contributed by atoms with E-state index < -0.39 is 37.7 Å². The number of benzene rings is 4. The number of halogens is 1. The fourth-order valence-corrected chi connectivity index (χ4v) is 8.28. The smallest absolute Gasteiger partial charge is 0.293 e. The minimum absolute atomic E-state index is 0.566. The van der Waals surface area contributed by atoms with Gasteiger partial charge in [0.25, 0.3) is 8.53 Å². The Bertz CT molecular complexity index is 1560. The van der Waals surface area contributed by atoms with Gasteiger partial charge < -0.3 is 9.47 Å². The van der Waals surface area contributed by atoms with Crippen LogP contribution in [0.2, 0.25) is 5.02 Å². The predicted molar refractivity (Wildman–Crippen MR) is 178 cm³/mol. The molecule has 0 aliphatic carbocycles. The Hall–Kier alpha value is -3.61. The van der Waals surface area contributed by atoms with Crippen LogP contribution in [0.3, 0.4) is 0 Å². The number of anilines is 1. The average molecular weight is 637 g/mol. The lowest BCUT2D eigenvalue weighted by Crippen LogP contribution is -2.53. The minimum atomic E-state index is -1.92. The molecule has 0 radical (unpaired) electrons. The summed E-state index contributed by atoms with van der Waals surface area (Å²) in [5.41, 5.74) is 1.40. The van der Waals surface area contributed by atoms with Crippen molar-refractivity contribution in [2.75, 3.05) is 11.7 Å². The van der Waals surface area contributed by atoms with E-state index >= 15 is 0 Å². The summed E-state index contributed by atoms with van der Waals surface area (Å²) in [5.74, 6) is -0.334. The van der Waals surface area contributed by atoms with Crippen LogP contribution in [-0.4, -0.2) is 30.0 Å². The van der Waals surface area contributed by atoms with E-state index in [4.69, 9.17) is 30.1 Å². The van der Waals surface area contributed by atoms with E-state index in [1.165, 1.54) is 0 Å². The number of aromatic nitrogens is 1. The highest BCUT2D eigenvalue weighted by molar-refractivity contribution is 7.49. The number of fused-ring (bicyclic) bond motifs is 1. The molecule has 1 aromatic heterocycles. The van der Waals surface area contributed by atoms with Crippen LogP contribution in [0.15, 0.2) is 140 Å². The maximum atomic E-state index is 7.51. The number of pyridine rings is 1. The van der Waals surface area contributed by atoms with Crippen LogP contribution < -0.4 is 4.67 Å². The lowest BCUT2D eigenvalue weighted by atomic mass is 9.72. The molecule has 2 atom stereocenters. The van der Waals surface area contributed by atoms with Crippen LogP contribution >= 0.6 is 20.1 Å². The van der Waals surface area contributed by atoms with E-state index in [0.29, 0.717) is 10.8 Å². The lowest BCUT2D eigenvalue weighted by molar-refractivity contribution is -0.174. The van der Waals surface area contributed by atoms with Crippen molar-refractivity contribution in [3.63, 3.8) is 0 Å². The third-order valence-corrected chi connectivity index (χ3v) is 10.3. The fourth-order valence-electron chi connectivity index (χ4n) is 6.44. The second-order valence-electron chi connectivity index (χ2n) is 11.7. The molecule has 4 aromatic carbocycles. The summed E-state index contributed by atoms with van der Waals surface area (Å²) in [6.45, 7) is 3.90. The summed E-state index contributed by atoms with van der Waals surface area (Å²) >= 11 is 6.48. The van der Waals surface area contributed by atoms with Gasteiger partial charge in [0.15, 0.2) is 17.0 Å². The molecule has 6 nitrogen and oxygen atoms in total. The van der Waals surface area contributed by atoms with Crippen molar-refractivity contribution in [1.29, 1.82) is 0 Å². The molecule has 0 bridgehead atoms. The van der Waals surface area contributed by atoms with Gasteiger partial charge in [-0.15, -0.1) is 0 Å². The van der Waals surface area contributed by atoms with E-state index in [9.17, 15) is 0 Å². The van der Waals surface area contributed by atoms with Gasteiger partial charge in [-0.25, -0.2) is 4.98 Å². The van der Waals surface area contributed by atoms with E-state index in [1.807, 2.05) is 104 Å². The first kappa shape index (κ1) is 30.1. The Labute approximate surface area is 270 Å². The first-order valence-corrected chi connectivity index (χ1v) is 16.5. The highest BCUT2D eigenvalue weighted by Gasteiger charge is 2.67. The molecule has 228 valence electrons. The number of hydrogen-bond donors (Lipinski definition) is 0. The van der Waals surface area contributed by atoms with Crippen LogP contribution in [0.5, 0.6) is 0 Å². The van der Waals surface area contributed by atoms with Crippen molar-refractivity contribution in [2.24, 2.45) is 0 Å². The van der Waals surface area contributed by atoms with E-state index in [2.05, 4.69) is 53.5 Å². The number of rotatable bonds is 6. The van der Waals surface area contributed by atoms with Crippen molar-refractivity contribution < 1.29 is 18.5 Å². The molecule has 2 saturated heterocycles. The maximum Gasteiger partial charge on any atom is 0.293 e. The molecule has 5 aromatic rings. The van der Waals surface area contributed by atoms with Gasteiger partial charge in [-0.05, 0) is 48.2 Å². The molecule has 2 aliphatic heterocycles. The van der Waals surface area contributed by atoms with Crippen molar-refractivity contribution in [2.45, 2.75) is 43.0 Å². The third-order valence-electron chi connectivity index (χ3n) is 8.44. The van der Waals surface area contributed by atoms with Gasteiger partial charge in [-0.1, -0.05) is 133 Å². The third kappa shape index (κ3) is 5.26. The van der Waals surface area contributed by atoms with Gasteiger partial charge in [0.1, 0.15) is 18.0 Å². The van der Waals surface area contributed by atoms with Crippen molar-refractivity contribution in [3.05, 3.63) is 167 Å². The Morgan fingerprint density at radius 3 is 1.36 bits per heavy atom. The fraction of sp³-hybridized carbons (Fsp3) is 0.216. The Balaban J connectivity index is 1.57. The molecule has 0 spiro atoms. The van der Waals surface area contributed by atoms with Crippen LogP contribution in [0.25, 0.3) is 0 Å². The summed E-state index contributed by atoms with van der Waals surface area (Å²) < 4.78 is 31.0. The molecule has 2 fully saturated rings. The topological polar surface area (TPSA) is 53.1 Å². The zero-order chi connectivity index (χ0) is 31.1. The highest BCUT2D eigenvalue weighted by atomic mass is 35.5. The molecular weight excluding hydrogens is 603 g/mol. The molecule has 0 amide bonds. The monoisotopic (exact) mass is 636 g/mol. The quantitative estimate of drug-likeness (QED) is 0.174. The van der Waals surface area contributed by atoms with E-state index in [1.54, 1.807) is 12.3 Å².